The van der Waals surface area contributed by atoms with Crippen molar-refractivity contribution in [3.8, 4) is 0 Å². The maximum absolute atomic E-state index is 10.9. The molecule has 10 nitrogen and oxygen atoms in total. The minimum atomic E-state index is -4.22. The number of ether oxygens (including phenoxy) is 4. The molecule has 146 valence electrons. The lowest BCUT2D eigenvalue weighted by molar-refractivity contribution is -0.0115. The molecule has 0 rings (SSSR count). The molecule has 2 unspecified atom stereocenters. The highest BCUT2D eigenvalue weighted by Crippen LogP contribution is 2.06. The molecule has 0 bridgehead atoms. The van der Waals surface area contributed by atoms with E-state index in [9.17, 15) is 16.8 Å². The summed E-state index contributed by atoms with van der Waals surface area (Å²) in [7, 11) is -8.44. The van der Waals surface area contributed by atoms with E-state index >= 15 is 0 Å². The van der Waals surface area contributed by atoms with Gasteiger partial charge in [-0.1, -0.05) is 13.8 Å². The van der Waals surface area contributed by atoms with E-state index < -0.39 is 31.1 Å². The quantitative estimate of drug-likeness (QED) is 0.294. The van der Waals surface area contributed by atoms with E-state index in [0.717, 1.165) is 0 Å². The van der Waals surface area contributed by atoms with Gasteiger partial charge in [-0.2, -0.15) is 16.8 Å². The standard InChI is InChI=1S/C12H26O10S2/c1-3-11(23(13,14)15)21-9-7-19-5-6-20-8-10-22-12(4-2)24(16,17)18/h11-12H,3-10H2,1-2H3,(H,13,14,15)(H,16,17,18). The Kier molecular flexibility index (Phi) is 11.9. The highest BCUT2D eigenvalue weighted by atomic mass is 32.2. The fraction of sp³-hybridized carbons (Fsp3) is 1.00. The van der Waals surface area contributed by atoms with E-state index in [-0.39, 0.29) is 52.5 Å². The van der Waals surface area contributed by atoms with Gasteiger partial charge in [0.15, 0.2) is 10.9 Å². The van der Waals surface area contributed by atoms with Gasteiger partial charge in [0.25, 0.3) is 20.2 Å². The highest BCUT2D eigenvalue weighted by Gasteiger charge is 2.21. The Labute approximate surface area is 142 Å². The first-order valence-corrected chi connectivity index (χ1v) is 10.4. The summed E-state index contributed by atoms with van der Waals surface area (Å²) in [6.45, 7) is 3.87. The largest absolute Gasteiger partial charge is 0.377 e. The van der Waals surface area contributed by atoms with Gasteiger partial charge in [0.05, 0.1) is 39.6 Å². The maximum Gasteiger partial charge on any atom is 0.292 e. The summed E-state index contributed by atoms with van der Waals surface area (Å²) in [5.74, 6) is 0. The van der Waals surface area contributed by atoms with Crippen LogP contribution >= 0.6 is 0 Å². The smallest absolute Gasteiger partial charge is 0.292 e. The topological polar surface area (TPSA) is 146 Å². The molecule has 0 aliphatic heterocycles. The zero-order valence-electron chi connectivity index (χ0n) is 13.8. The lowest BCUT2D eigenvalue weighted by Crippen LogP contribution is -2.25. The van der Waals surface area contributed by atoms with Gasteiger partial charge in [0.2, 0.25) is 0 Å². The van der Waals surface area contributed by atoms with Crippen molar-refractivity contribution in [2.75, 3.05) is 39.6 Å². The predicted octanol–water partition coefficient (Wildman–Crippen LogP) is 0.301. The number of hydrogen-bond acceptors (Lipinski definition) is 8. The monoisotopic (exact) mass is 394 g/mol. The van der Waals surface area contributed by atoms with Crippen LogP contribution in [-0.2, 0) is 39.2 Å². The third-order valence-corrected chi connectivity index (χ3v) is 5.03. The van der Waals surface area contributed by atoms with E-state index in [1.54, 1.807) is 13.8 Å². The second-order valence-electron chi connectivity index (χ2n) is 4.67. The van der Waals surface area contributed by atoms with Crippen LogP contribution in [0.15, 0.2) is 0 Å². The maximum atomic E-state index is 10.9. The molecule has 0 aromatic carbocycles. The molecule has 0 aliphatic carbocycles. The average Bonchev–Trinajstić information content (AvgIpc) is 2.46. The van der Waals surface area contributed by atoms with Crippen molar-refractivity contribution < 1.29 is 44.9 Å². The van der Waals surface area contributed by atoms with Crippen molar-refractivity contribution in [2.45, 2.75) is 37.6 Å². The number of rotatable bonds is 15. The van der Waals surface area contributed by atoms with Crippen LogP contribution in [0.25, 0.3) is 0 Å². The molecule has 0 saturated heterocycles. The lowest BCUT2D eigenvalue weighted by Gasteiger charge is -2.13. The summed E-state index contributed by atoms with van der Waals surface area (Å²) < 4.78 is 81.3. The van der Waals surface area contributed by atoms with Crippen LogP contribution in [0.1, 0.15) is 26.7 Å². The molecule has 0 amide bonds. The first kappa shape index (κ1) is 23.7. The average molecular weight is 394 g/mol. The fourth-order valence-corrected chi connectivity index (χ4v) is 3.01. The summed E-state index contributed by atoms with van der Waals surface area (Å²) in [6, 6.07) is 0. The van der Waals surface area contributed by atoms with E-state index in [2.05, 4.69) is 0 Å². The summed E-state index contributed by atoms with van der Waals surface area (Å²) in [5, 5.41) is 0. The molecular weight excluding hydrogens is 368 g/mol. The van der Waals surface area contributed by atoms with Gasteiger partial charge in [0, 0.05) is 0 Å². The molecule has 0 fully saturated rings. The first-order valence-electron chi connectivity index (χ1n) is 7.44. The van der Waals surface area contributed by atoms with Crippen LogP contribution in [0.3, 0.4) is 0 Å². The van der Waals surface area contributed by atoms with Gasteiger partial charge in [-0.3, -0.25) is 9.11 Å². The van der Waals surface area contributed by atoms with Crippen molar-refractivity contribution >= 4 is 20.2 Å². The van der Waals surface area contributed by atoms with Gasteiger partial charge < -0.3 is 18.9 Å². The van der Waals surface area contributed by atoms with Crippen LogP contribution < -0.4 is 0 Å². The van der Waals surface area contributed by atoms with Crippen LogP contribution in [0.4, 0.5) is 0 Å². The SMILES string of the molecule is CCC(OCCOCCOCCOC(CC)S(=O)(=O)O)S(=O)(=O)O. The summed E-state index contributed by atoms with van der Waals surface area (Å²) in [5.41, 5.74) is -2.52. The Balaban J connectivity index is 3.59. The molecule has 0 aliphatic rings. The normalized spacial score (nSPS) is 15.3. The fourth-order valence-electron chi connectivity index (χ4n) is 1.63. The molecule has 0 saturated carbocycles. The van der Waals surface area contributed by atoms with Crippen LogP contribution in [-0.4, -0.2) is 76.5 Å². The highest BCUT2D eigenvalue weighted by molar-refractivity contribution is 7.86. The predicted molar refractivity (Wildman–Crippen MR) is 84.8 cm³/mol. The lowest BCUT2D eigenvalue weighted by atomic mass is 10.5. The van der Waals surface area contributed by atoms with Gasteiger partial charge in [-0.25, -0.2) is 0 Å². The van der Waals surface area contributed by atoms with Gasteiger partial charge >= 0.3 is 0 Å². The molecule has 0 aromatic rings. The third-order valence-electron chi connectivity index (χ3n) is 2.77. The van der Waals surface area contributed by atoms with Crippen LogP contribution in [0, 0.1) is 0 Å². The van der Waals surface area contributed by atoms with E-state index in [1.807, 2.05) is 0 Å². The second kappa shape index (κ2) is 12.1. The molecule has 2 N–H and O–H groups in total. The van der Waals surface area contributed by atoms with Crippen molar-refractivity contribution in [1.29, 1.82) is 0 Å². The first-order chi connectivity index (χ1) is 11.1. The van der Waals surface area contributed by atoms with Crippen molar-refractivity contribution in [3.63, 3.8) is 0 Å². The molecule has 0 aromatic heterocycles. The molecular formula is C12H26O10S2. The molecule has 0 spiro atoms. The van der Waals surface area contributed by atoms with E-state index in [4.69, 9.17) is 28.1 Å². The Morgan fingerprint density at radius 3 is 1.21 bits per heavy atom. The molecule has 24 heavy (non-hydrogen) atoms. The van der Waals surface area contributed by atoms with Gasteiger partial charge in [0.1, 0.15) is 0 Å². The number of hydrogen-bond donors (Lipinski definition) is 2. The van der Waals surface area contributed by atoms with Crippen molar-refractivity contribution in [2.24, 2.45) is 0 Å². The Bertz CT molecular complexity index is 468. The molecule has 0 radical (unpaired) electrons. The third kappa shape index (κ3) is 11.3. The summed E-state index contributed by atoms with van der Waals surface area (Å²) >= 11 is 0. The van der Waals surface area contributed by atoms with Crippen LogP contribution in [0.5, 0.6) is 0 Å². The zero-order chi connectivity index (χ0) is 18.6. The van der Waals surface area contributed by atoms with E-state index in [1.165, 1.54) is 0 Å². The molecule has 0 heterocycles. The van der Waals surface area contributed by atoms with E-state index in [0.29, 0.717) is 0 Å². The Morgan fingerprint density at radius 2 is 0.958 bits per heavy atom. The minimum Gasteiger partial charge on any atom is -0.377 e. The molecule has 12 heteroatoms. The summed E-state index contributed by atoms with van der Waals surface area (Å²) in [4.78, 5) is 0. The Morgan fingerprint density at radius 1 is 0.667 bits per heavy atom. The van der Waals surface area contributed by atoms with Crippen molar-refractivity contribution in [1.82, 2.24) is 0 Å². The summed E-state index contributed by atoms with van der Waals surface area (Å²) in [6.07, 6.45) is 0.258. The van der Waals surface area contributed by atoms with Crippen LogP contribution in [0.2, 0.25) is 0 Å². The van der Waals surface area contributed by atoms with Gasteiger partial charge in [-0.05, 0) is 12.8 Å². The second-order valence-corrected chi connectivity index (χ2v) is 7.78. The Hall–Kier alpha value is -0.340. The van der Waals surface area contributed by atoms with Crippen molar-refractivity contribution in [3.05, 3.63) is 0 Å². The zero-order valence-corrected chi connectivity index (χ0v) is 15.4. The molecule has 2 atom stereocenters. The minimum absolute atomic E-state index is 0.00788. The van der Waals surface area contributed by atoms with Gasteiger partial charge in [-0.15, -0.1) is 0 Å².